The predicted molar refractivity (Wildman–Crippen MR) is 159 cm³/mol. The van der Waals surface area contributed by atoms with E-state index < -0.39 is 10.1 Å². The van der Waals surface area contributed by atoms with Gasteiger partial charge < -0.3 is 0 Å². The van der Waals surface area contributed by atoms with Crippen LogP contribution in [0.3, 0.4) is 0 Å². The molecule has 0 amide bonds. The van der Waals surface area contributed by atoms with Crippen molar-refractivity contribution in [3.05, 3.63) is 52.9 Å². The Morgan fingerprint density at radius 1 is 0.778 bits per heavy atom. The van der Waals surface area contributed by atoms with Gasteiger partial charge in [0.15, 0.2) is 0 Å². The second-order valence-electron chi connectivity index (χ2n) is 9.31. The van der Waals surface area contributed by atoms with Crippen LogP contribution in [0.4, 0.5) is 0 Å². The lowest BCUT2D eigenvalue weighted by Crippen LogP contribution is -2.00. The largest absolute Gasteiger partial charge is 0.294 e. The summed E-state index contributed by atoms with van der Waals surface area (Å²) in [5.74, 6) is 0. The van der Waals surface area contributed by atoms with Crippen LogP contribution in [-0.2, 0) is 10.1 Å². The Morgan fingerprint density at radius 2 is 1.22 bits per heavy atom. The van der Waals surface area contributed by atoms with Gasteiger partial charge in [0.05, 0.1) is 4.90 Å². The van der Waals surface area contributed by atoms with E-state index in [0.717, 1.165) is 41.0 Å². The lowest BCUT2D eigenvalue weighted by atomic mass is 10.0. The van der Waals surface area contributed by atoms with Crippen LogP contribution in [-0.4, -0.2) is 35.1 Å². The molecule has 3 rings (SSSR count). The first kappa shape index (κ1) is 30.4. The van der Waals surface area contributed by atoms with E-state index in [1.54, 1.807) is 19.1 Å². The van der Waals surface area contributed by atoms with Crippen molar-refractivity contribution in [1.29, 1.82) is 0 Å². The highest BCUT2D eigenvalue weighted by Crippen LogP contribution is 2.18. The highest BCUT2D eigenvalue weighted by molar-refractivity contribution is 7.85. The molecule has 0 unspecified atom stereocenters. The molecule has 2 aliphatic rings. The smallest absolute Gasteiger partial charge is 0.282 e. The molecule has 36 heavy (non-hydrogen) atoms. The number of allylic oxidation sites excluding steroid dienone is 4. The summed E-state index contributed by atoms with van der Waals surface area (Å²) < 4.78 is 30.2. The van der Waals surface area contributed by atoms with E-state index in [2.05, 4.69) is 22.1 Å². The average Bonchev–Trinajstić information content (AvgIpc) is 2.80. The van der Waals surface area contributed by atoms with E-state index >= 15 is 0 Å². The van der Waals surface area contributed by atoms with Crippen molar-refractivity contribution in [2.45, 2.75) is 95.8 Å². The van der Waals surface area contributed by atoms with Crippen LogP contribution in [0.15, 0.2) is 56.6 Å². The number of thiocarbonyl (C=S) groups is 2. The second kappa shape index (κ2) is 16.1. The van der Waals surface area contributed by atoms with Gasteiger partial charge in [-0.2, -0.15) is 8.42 Å². The maximum absolute atomic E-state index is 10.7. The average molecular weight is 547 g/mol. The zero-order chi connectivity index (χ0) is 26.4. The quantitative estimate of drug-likeness (QED) is 0.164. The third-order valence-electron chi connectivity index (χ3n) is 5.98. The van der Waals surface area contributed by atoms with Crippen molar-refractivity contribution < 1.29 is 13.0 Å². The van der Waals surface area contributed by atoms with Gasteiger partial charge in [-0.05, 0) is 63.3 Å². The zero-order valence-electron chi connectivity index (χ0n) is 21.4. The Hall–Kier alpha value is -1.87. The van der Waals surface area contributed by atoms with Crippen LogP contribution in [0.5, 0.6) is 0 Å². The second-order valence-corrected chi connectivity index (χ2v) is 11.7. The van der Waals surface area contributed by atoms with Crippen molar-refractivity contribution in [1.82, 2.24) is 0 Å². The maximum Gasteiger partial charge on any atom is 0.294 e. The summed E-state index contributed by atoms with van der Waals surface area (Å²) >= 11 is 10.4. The first-order valence-electron chi connectivity index (χ1n) is 12.7. The monoisotopic (exact) mass is 546 g/mol. The van der Waals surface area contributed by atoms with E-state index in [9.17, 15) is 8.42 Å². The molecule has 2 aliphatic heterocycles. The van der Waals surface area contributed by atoms with Gasteiger partial charge >= 0.3 is 0 Å². The Kier molecular flexibility index (Phi) is 13.6. The fourth-order valence-electron chi connectivity index (χ4n) is 4.10. The van der Waals surface area contributed by atoms with Gasteiger partial charge in [0, 0.05) is 46.4 Å². The molecule has 0 atom stereocenters. The molecule has 2 heterocycles. The summed E-state index contributed by atoms with van der Waals surface area (Å²) in [6.07, 6.45) is 22.3. The molecular weight excluding hydrogens is 509 g/mol. The molecule has 5 nitrogen and oxygen atoms in total. The number of aliphatic imine (C=N–C) groups is 2. The number of unbranched alkanes of at least 4 members (excludes halogenated alkanes) is 7. The number of aryl methyl sites for hydroxylation is 2. The summed E-state index contributed by atoms with van der Waals surface area (Å²) in [6, 6.07) is 4.76. The van der Waals surface area contributed by atoms with Gasteiger partial charge in [-0.3, -0.25) is 14.5 Å². The molecule has 0 fully saturated rings. The van der Waals surface area contributed by atoms with E-state index in [0.29, 0.717) is 5.56 Å². The number of nitrogens with zero attached hydrogens (tertiary/aromatic N) is 2. The Morgan fingerprint density at radius 3 is 1.61 bits per heavy atom. The summed E-state index contributed by atoms with van der Waals surface area (Å²) in [5, 5.41) is 0. The number of hydrogen-bond donors (Lipinski definition) is 1. The van der Waals surface area contributed by atoms with Crippen molar-refractivity contribution in [3.63, 3.8) is 0 Å². The lowest BCUT2D eigenvalue weighted by molar-refractivity contribution is 0.482. The molecule has 1 aromatic rings. The fourth-order valence-corrected chi connectivity index (χ4v) is 5.23. The molecule has 0 spiro atoms. The highest BCUT2D eigenvalue weighted by atomic mass is 32.2. The fraction of sp³-hybridized carbons (Fsp3) is 0.500. The van der Waals surface area contributed by atoms with E-state index in [-0.39, 0.29) is 4.90 Å². The third kappa shape index (κ3) is 12.4. The number of rotatable bonds is 12. The number of benzene rings is 1. The molecule has 0 saturated heterocycles. The van der Waals surface area contributed by atoms with Crippen molar-refractivity contribution in [2.24, 2.45) is 9.98 Å². The first-order valence-corrected chi connectivity index (χ1v) is 15.0. The Labute approximate surface area is 227 Å². The van der Waals surface area contributed by atoms with E-state index in [1.165, 1.54) is 68.8 Å². The molecule has 8 heteroatoms. The predicted octanol–water partition coefficient (Wildman–Crippen LogP) is 7.89. The molecule has 0 saturated carbocycles. The SMILES string of the molecule is Cc1ccc(S(=O)(=O)O)c(C)c1.S=C1C=C(CCCCCCCCCCC2=CC(=S)CC=N2)N=CC1. The van der Waals surface area contributed by atoms with E-state index in [4.69, 9.17) is 29.0 Å². The molecule has 196 valence electrons. The number of hydrogen-bond acceptors (Lipinski definition) is 6. The lowest BCUT2D eigenvalue weighted by Gasteiger charge is -2.07. The normalized spacial score (nSPS) is 15.3. The summed E-state index contributed by atoms with van der Waals surface area (Å²) in [5.41, 5.74) is 3.88. The standard InChI is InChI=1S/C20H28N2S2.C8H10O3S/c23-19-11-13-21-17(15-19)9-7-5-3-1-2-4-6-8-10-18-16-20(24)12-14-22-18;1-6-3-4-8(7(2)5-6)12(9,10)11/h13-16H,1-12H2;3-5H,1-2H3,(H,9,10,11). The zero-order valence-corrected chi connectivity index (χ0v) is 23.9. The Bertz CT molecular complexity index is 1080. The minimum absolute atomic E-state index is 0.0203. The topological polar surface area (TPSA) is 79.1 Å². The van der Waals surface area contributed by atoms with Gasteiger partial charge in [0.2, 0.25) is 0 Å². The van der Waals surface area contributed by atoms with Crippen molar-refractivity contribution >= 4 is 56.7 Å². The highest BCUT2D eigenvalue weighted by Gasteiger charge is 2.11. The first-order chi connectivity index (χ1) is 17.1. The summed E-state index contributed by atoms with van der Waals surface area (Å²) in [7, 11) is -4.05. The van der Waals surface area contributed by atoms with Crippen LogP contribution in [0.1, 0.15) is 88.2 Å². The van der Waals surface area contributed by atoms with Crippen LogP contribution in [0.25, 0.3) is 0 Å². The minimum atomic E-state index is -4.05. The molecule has 0 bridgehead atoms. The van der Waals surface area contributed by atoms with Crippen molar-refractivity contribution in [2.75, 3.05) is 0 Å². The van der Waals surface area contributed by atoms with Gasteiger partial charge in [-0.15, -0.1) is 0 Å². The van der Waals surface area contributed by atoms with Gasteiger partial charge in [0.25, 0.3) is 10.1 Å². The molecule has 0 aliphatic carbocycles. The molecule has 1 aromatic carbocycles. The Balaban J connectivity index is 0.000000319. The maximum atomic E-state index is 10.7. The van der Waals surface area contributed by atoms with Gasteiger partial charge in [-0.1, -0.05) is 80.7 Å². The van der Waals surface area contributed by atoms with Crippen LogP contribution >= 0.6 is 24.4 Å². The molecule has 0 aromatic heterocycles. The molecular formula is C28H38N2O3S3. The molecule has 0 radical (unpaired) electrons. The van der Waals surface area contributed by atoms with Crippen LogP contribution in [0.2, 0.25) is 0 Å². The summed E-state index contributed by atoms with van der Waals surface area (Å²) in [4.78, 5) is 10.9. The van der Waals surface area contributed by atoms with Crippen LogP contribution in [0, 0.1) is 13.8 Å². The summed E-state index contributed by atoms with van der Waals surface area (Å²) in [6.45, 7) is 3.51. The van der Waals surface area contributed by atoms with Crippen LogP contribution < -0.4 is 0 Å². The third-order valence-corrected chi connectivity index (χ3v) is 7.56. The minimum Gasteiger partial charge on any atom is -0.282 e. The van der Waals surface area contributed by atoms with Gasteiger partial charge in [-0.25, -0.2) is 0 Å². The van der Waals surface area contributed by atoms with Crippen molar-refractivity contribution in [3.8, 4) is 0 Å². The molecule has 1 N–H and O–H groups in total. The van der Waals surface area contributed by atoms with E-state index in [1.807, 2.05) is 19.4 Å². The van der Waals surface area contributed by atoms with Gasteiger partial charge in [0.1, 0.15) is 0 Å².